The van der Waals surface area contributed by atoms with Crippen LogP contribution in [0.1, 0.15) is 43.6 Å². The van der Waals surface area contributed by atoms with Gasteiger partial charge in [0.25, 0.3) is 5.91 Å². The Morgan fingerprint density at radius 1 is 1.26 bits per heavy atom. The first-order valence-corrected chi connectivity index (χ1v) is 11.1. The predicted octanol–water partition coefficient (Wildman–Crippen LogP) is 3.84. The van der Waals surface area contributed by atoms with Crippen LogP contribution in [0.25, 0.3) is 22.3 Å². The van der Waals surface area contributed by atoms with Crippen LogP contribution in [-0.2, 0) is 0 Å². The van der Waals surface area contributed by atoms with E-state index in [-0.39, 0.29) is 11.6 Å². The number of rotatable bonds is 8. The van der Waals surface area contributed by atoms with Gasteiger partial charge in [-0.2, -0.15) is 0 Å². The van der Waals surface area contributed by atoms with Gasteiger partial charge in [-0.3, -0.25) is 9.59 Å². The van der Waals surface area contributed by atoms with Gasteiger partial charge in [-0.05, 0) is 80.9 Å². The number of carbonyl (C=O) groups excluding carboxylic acids is 1. The first kappa shape index (κ1) is 25.6. The third-order valence-corrected chi connectivity index (χ3v) is 5.34. The molecule has 1 aromatic carbocycles. The second kappa shape index (κ2) is 10.5. The monoisotopic (exact) mass is 473 g/mol. The second-order valence-electron chi connectivity index (χ2n) is 8.88. The van der Waals surface area contributed by atoms with Crippen molar-refractivity contribution in [1.82, 2.24) is 20.3 Å². The third kappa shape index (κ3) is 5.74. The number of aliphatic hydroxyl groups is 1. The van der Waals surface area contributed by atoms with Gasteiger partial charge in [-0.25, -0.2) is 4.98 Å². The fourth-order valence-corrected chi connectivity index (χ4v) is 3.62. The maximum Gasteiger partial charge on any atom is 0.256 e. The summed E-state index contributed by atoms with van der Waals surface area (Å²) in [7, 11) is 0. The van der Waals surface area contributed by atoms with Crippen LogP contribution in [0.4, 0.5) is 0 Å². The molecule has 0 aliphatic heterocycles. The van der Waals surface area contributed by atoms with Crippen molar-refractivity contribution in [3.05, 3.63) is 106 Å². The summed E-state index contributed by atoms with van der Waals surface area (Å²) in [6.45, 7) is 10.6. The molecule has 8 heteroatoms. The predicted molar refractivity (Wildman–Crippen MR) is 139 cm³/mol. The molecule has 0 saturated heterocycles. The lowest BCUT2D eigenvalue weighted by Crippen LogP contribution is -2.34. The molecule has 2 heterocycles. The summed E-state index contributed by atoms with van der Waals surface area (Å²) < 4.78 is 1.67. The van der Waals surface area contributed by atoms with Crippen LogP contribution < -0.4 is 16.2 Å². The molecule has 1 amide bonds. The van der Waals surface area contributed by atoms with Gasteiger partial charge in [0.15, 0.2) is 0 Å². The number of allylic oxidation sites excluding steroid dienone is 2. The zero-order chi connectivity index (χ0) is 25.8. The molecule has 0 bridgehead atoms. The van der Waals surface area contributed by atoms with Gasteiger partial charge in [0.2, 0.25) is 5.43 Å². The molecular weight excluding hydrogens is 444 g/mol. The normalized spacial score (nSPS) is 12.7. The Hall–Kier alpha value is -4.01. The highest BCUT2D eigenvalue weighted by Gasteiger charge is 2.19. The van der Waals surface area contributed by atoms with Crippen LogP contribution in [0.15, 0.2) is 84.1 Å². The molecule has 3 rings (SSSR count). The number of amides is 1. The number of hydroxylamine groups is 1. The zero-order valence-electron chi connectivity index (χ0n) is 20.2. The molecule has 3 N–H and O–H groups in total. The van der Waals surface area contributed by atoms with E-state index in [1.54, 1.807) is 66.5 Å². The molecule has 0 saturated carbocycles. The molecular formula is C27H29N4O4-. The minimum atomic E-state index is -1.17. The van der Waals surface area contributed by atoms with E-state index in [1.807, 2.05) is 19.9 Å². The molecule has 3 aromatic rings. The summed E-state index contributed by atoms with van der Waals surface area (Å²) in [6, 6.07) is 10.3. The Morgan fingerprint density at radius 3 is 2.63 bits per heavy atom. The van der Waals surface area contributed by atoms with E-state index in [1.165, 1.54) is 18.5 Å². The van der Waals surface area contributed by atoms with E-state index < -0.39 is 16.9 Å². The summed E-state index contributed by atoms with van der Waals surface area (Å²) in [5, 5.41) is 24.8. The number of fused-ring (bicyclic) bond motifs is 1. The topological polar surface area (TPSA) is 119 Å². The third-order valence-electron chi connectivity index (χ3n) is 5.34. The lowest BCUT2D eigenvalue weighted by atomic mass is 9.94. The molecule has 0 atom stereocenters. The number of aromatic nitrogens is 2. The Balaban J connectivity index is 2.24. The smallest absolute Gasteiger partial charge is 0.256 e. The summed E-state index contributed by atoms with van der Waals surface area (Å²) in [4.78, 5) is 30.2. The first-order valence-electron chi connectivity index (χ1n) is 11.1. The average molecular weight is 474 g/mol. The number of pyridine rings is 2. The van der Waals surface area contributed by atoms with Crippen molar-refractivity contribution < 1.29 is 9.90 Å². The van der Waals surface area contributed by atoms with Crippen LogP contribution in [0.3, 0.4) is 0 Å². The number of benzene rings is 1. The maximum absolute atomic E-state index is 13.0. The van der Waals surface area contributed by atoms with Gasteiger partial charge in [-0.1, -0.05) is 24.8 Å². The van der Waals surface area contributed by atoms with Crippen molar-refractivity contribution in [2.75, 3.05) is 0 Å². The SMILES string of the molecule is C=CC(=CC(=CN[O-])c1cccc(-n2cc(C(=O)NC(C)C)c(=O)c3cccnc32)c1)C(C)(C)O. The fraction of sp³-hybridized carbons (Fsp3) is 0.222. The maximum atomic E-state index is 13.0. The number of hydrogen-bond acceptors (Lipinski definition) is 6. The fourth-order valence-electron chi connectivity index (χ4n) is 3.62. The summed E-state index contributed by atoms with van der Waals surface area (Å²) >= 11 is 0. The van der Waals surface area contributed by atoms with Gasteiger partial charge >= 0.3 is 0 Å². The molecule has 0 unspecified atom stereocenters. The largest absolute Gasteiger partial charge is 0.761 e. The highest BCUT2D eigenvalue weighted by atomic mass is 16.5. The van der Waals surface area contributed by atoms with Crippen molar-refractivity contribution in [3.8, 4) is 5.69 Å². The lowest BCUT2D eigenvalue weighted by molar-refractivity contribution is 0.0941. The first-order chi connectivity index (χ1) is 16.6. The van der Waals surface area contributed by atoms with Crippen LogP contribution >= 0.6 is 0 Å². The van der Waals surface area contributed by atoms with E-state index in [9.17, 15) is 19.9 Å². The van der Waals surface area contributed by atoms with Gasteiger partial charge in [0, 0.05) is 24.1 Å². The Bertz CT molecular complexity index is 1380. The van der Waals surface area contributed by atoms with E-state index >= 15 is 0 Å². The Morgan fingerprint density at radius 2 is 2.00 bits per heavy atom. The highest BCUT2D eigenvalue weighted by molar-refractivity contribution is 5.97. The quantitative estimate of drug-likeness (QED) is 0.338. The number of nitrogens with one attached hydrogen (secondary N) is 2. The molecule has 8 nitrogen and oxygen atoms in total. The summed E-state index contributed by atoms with van der Waals surface area (Å²) in [5.41, 5.74) is 2.93. The molecule has 35 heavy (non-hydrogen) atoms. The standard InChI is InChI=1S/C27H29N4O4/c1-6-20(27(4,5)34)13-19(15-29-35)18-9-7-10-21(14-18)31-16-23(26(33)30-17(2)3)24(32)22-11-8-12-28-25(22)31/h6-17,29,34H,1H2,2-5H3,(H,30,33)/q-1. The van der Waals surface area contributed by atoms with Crippen LogP contribution in [0.2, 0.25) is 0 Å². The van der Waals surface area contributed by atoms with E-state index in [4.69, 9.17) is 0 Å². The molecule has 0 radical (unpaired) electrons. The molecule has 0 spiro atoms. The van der Waals surface area contributed by atoms with E-state index in [0.717, 1.165) is 0 Å². The average Bonchev–Trinajstić information content (AvgIpc) is 2.81. The van der Waals surface area contributed by atoms with Crippen LogP contribution in [-0.4, -0.2) is 32.2 Å². The van der Waals surface area contributed by atoms with Gasteiger partial charge < -0.3 is 25.7 Å². The van der Waals surface area contributed by atoms with Crippen molar-refractivity contribution >= 4 is 22.5 Å². The molecule has 182 valence electrons. The number of nitrogens with zero attached hydrogens (tertiary/aromatic N) is 2. The van der Waals surface area contributed by atoms with Gasteiger partial charge in [0.1, 0.15) is 11.2 Å². The molecule has 2 aromatic heterocycles. The van der Waals surface area contributed by atoms with Crippen molar-refractivity contribution in [2.45, 2.75) is 39.3 Å². The van der Waals surface area contributed by atoms with Crippen LogP contribution in [0.5, 0.6) is 0 Å². The van der Waals surface area contributed by atoms with Gasteiger partial charge in [0.05, 0.1) is 11.0 Å². The number of carbonyl (C=O) groups is 1. The minimum Gasteiger partial charge on any atom is -0.761 e. The van der Waals surface area contributed by atoms with Crippen LogP contribution in [0, 0.1) is 5.21 Å². The molecule has 0 fully saturated rings. The Kier molecular flexibility index (Phi) is 7.68. The van der Waals surface area contributed by atoms with E-state index in [0.29, 0.717) is 33.4 Å². The zero-order valence-corrected chi connectivity index (χ0v) is 20.2. The summed E-state index contributed by atoms with van der Waals surface area (Å²) in [5.74, 6) is -0.472. The van der Waals surface area contributed by atoms with E-state index in [2.05, 4.69) is 16.9 Å². The lowest BCUT2D eigenvalue weighted by Gasteiger charge is -2.20. The van der Waals surface area contributed by atoms with Crippen molar-refractivity contribution in [2.24, 2.45) is 0 Å². The Labute approximate surface area is 203 Å². The number of hydrogen-bond donors (Lipinski definition) is 3. The van der Waals surface area contributed by atoms with Gasteiger partial charge in [-0.15, -0.1) is 0 Å². The summed E-state index contributed by atoms with van der Waals surface area (Å²) in [6.07, 6.45) is 7.52. The van der Waals surface area contributed by atoms with Crippen molar-refractivity contribution in [1.29, 1.82) is 0 Å². The molecule has 0 aliphatic carbocycles. The minimum absolute atomic E-state index is 0.00235. The molecule has 0 aliphatic rings. The second-order valence-corrected chi connectivity index (χ2v) is 8.88. The highest BCUT2D eigenvalue weighted by Crippen LogP contribution is 2.26. The van der Waals surface area contributed by atoms with Crippen molar-refractivity contribution in [3.63, 3.8) is 0 Å².